The van der Waals surface area contributed by atoms with Crippen LogP contribution in [0.1, 0.15) is 37.4 Å². The third-order valence-electron chi connectivity index (χ3n) is 4.62. The van der Waals surface area contributed by atoms with Crippen molar-refractivity contribution in [3.63, 3.8) is 0 Å². The van der Waals surface area contributed by atoms with Gasteiger partial charge in [-0.25, -0.2) is 4.79 Å². The number of carbonyl (C=O) groups excluding carboxylic acids is 2. The minimum absolute atomic E-state index is 0.000895. The number of carbonyl (C=O) groups is 2. The van der Waals surface area contributed by atoms with Crippen LogP contribution in [0, 0.1) is 11.3 Å². The average molecular weight is 399 g/mol. The maximum Gasteiger partial charge on any atom is 0.339 e. The molecule has 148 valence electrons. The van der Waals surface area contributed by atoms with Gasteiger partial charge in [-0.15, -0.1) is 0 Å². The molecule has 0 fully saturated rings. The fourth-order valence-corrected chi connectivity index (χ4v) is 3.16. The van der Waals surface area contributed by atoms with Crippen LogP contribution >= 0.6 is 0 Å². The van der Waals surface area contributed by atoms with Gasteiger partial charge in [0.1, 0.15) is 19.8 Å². The number of ketones is 1. The zero-order chi connectivity index (χ0) is 20.9. The molecule has 30 heavy (non-hydrogen) atoms. The van der Waals surface area contributed by atoms with E-state index in [1.165, 1.54) is 0 Å². The summed E-state index contributed by atoms with van der Waals surface area (Å²) in [7, 11) is 0. The van der Waals surface area contributed by atoms with Crippen LogP contribution in [0.4, 0.5) is 0 Å². The Morgan fingerprint density at radius 2 is 1.67 bits per heavy atom. The van der Waals surface area contributed by atoms with Gasteiger partial charge in [0, 0.05) is 11.1 Å². The van der Waals surface area contributed by atoms with Crippen LogP contribution in [0.2, 0.25) is 0 Å². The molecule has 0 N–H and O–H groups in total. The Bertz CT molecular complexity index is 1160. The molecule has 0 spiro atoms. The van der Waals surface area contributed by atoms with Gasteiger partial charge in [0.15, 0.2) is 17.3 Å². The Kier molecular flexibility index (Phi) is 5.44. The van der Waals surface area contributed by atoms with Crippen molar-refractivity contribution in [1.29, 1.82) is 5.26 Å². The molecule has 0 saturated heterocycles. The number of benzene rings is 3. The molecule has 0 amide bonds. The minimum Gasteiger partial charge on any atom is -0.486 e. The van der Waals surface area contributed by atoms with E-state index in [1.807, 2.05) is 6.07 Å². The number of hydrogen-bond acceptors (Lipinski definition) is 6. The van der Waals surface area contributed by atoms with Crippen molar-refractivity contribution >= 4 is 11.8 Å². The summed E-state index contributed by atoms with van der Waals surface area (Å²) in [6.07, 6.45) is 0. The summed E-state index contributed by atoms with van der Waals surface area (Å²) in [5.74, 6) is 0.166. The maximum atomic E-state index is 13.1. The van der Waals surface area contributed by atoms with Gasteiger partial charge < -0.3 is 14.2 Å². The van der Waals surface area contributed by atoms with Crippen molar-refractivity contribution in [2.45, 2.75) is 6.61 Å². The SMILES string of the molecule is N#Cc1cccc(COC(=O)c2ccccc2C(=O)c2ccc3c(c2)OCCO3)c1. The molecule has 4 rings (SSSR count). The fourth-order valence-electron chi connectivity index (χ4n) is 3.16. The first kappa shape index (κ1) is 19.2. The standard InChI is InChI=1S/C24H17NO5/c25-14-16-4-3-5-17(12-16)15-30-24(27)20-7-2-1-6-19(20)23(26)18-8-9-21-22(13-18)29-11-10-28-21/h1-9,12-13H,10-11,15H2. The summed E-state index contributed by atoms with van der Waals surface area (Å²) >= 11 is 0. The van der Waals surface area contributed by atoms with Crippen LogP contribution in [-0.4, -0.2) is 25.0 Å². The van der Waals surface area contributed by atoms with Crippen LogP contribution in [0.5, 0.6) is 11.5 Å². The van der Waals surface area contributed by atoms with Crippen molar-refractivity contribution in [2.24, 2.45) is 0 Å². The zero-order valence-corrected chi connectivity index (χ0v) is 16.0. The van der Waals surface area contributed by atoms with Crippen LogP contribution in [0.3, 0.4) is 0 Å². The molecule has 0 radical (unpaired) electrons. The number of esters is 1. The molecule has 0 aromatic heterocycles. The van der Waals surface area contributed by atoms with Gasteiger partial charge in [0.2, 0.25) is 0 Å². The van der Waals surface area contributed by atoms with E-state index < -0.39 is 5.97 Å². The largest absolute Gasteiger partial charge is 0.486 e. The third kappa shape index (κ3) is 4.01. The molecule has 0 aliphatic carbocycles. The van der Waals surface area contributed by atoms with Gasteiger partial charge in [-0.3, -0.25) is 4.79 Å². The lowest BCUT2D eigenvalue weighted by Crippen LogP contribution is -2.16. The Hall–Kier alpha value is -4.11. The highest BCUT2D eigenvalue weighted by atomic mass is 16.6. The monoisotopic (exact) mass is 399 g/mol. The Labute approximate surface area is 173 Å². The van der Waals surface area contributed by atoms with Gasteiger partial charge in [-0.05, 0) is 42.0 Å². The van der Waals surface area contributed by atoms with E-state index in [0.29, 0.717) is 41.4 Å². The highest BCUT2D eigenvalue weighted by Gasteiger charge is 2.21. The lowest BCUT2D eigenvalue weighted by molar-refractivity contribution is 0.0470. The first-order valence-electron chi connectivity index (χ1n) is 9.35. The van der Waals surface area contributed by atoms with Crippen LogP contribution < -0.4 is 9.47 Å². The van der Waals surface area contributed by atoms with E-state index in [4.69, 9.17) is 19.5 Å². The molecule has 1 aliphatic heterocycles. The molecule has 0 saturated carbocycles. The highest BCUT2D eigenvalue weighted by molar-refractivity contribution is 6.14. The van der Waals surface area contributed by atoms with E-state index in [9.17, 15) is 9.59 Å². The van der Waals surface area contributed by atoms with Gasteiger partial charge in [0.25, 0.3) is 0 Å². The van der Waals surface area contributed by atoms with Crippen LogP contribution in [0.25, 0.3) is 0 Å². The molecule has 3 aromatic carbocycles. The third-order valence-corrected chi connectivity index (χ3v) is 4.62. The first-order chi connectivity index (χ1) is 14.7. The maximum absolute atomic E-state index is 13.1. The molecule has 0 bridgehead atoms. The quantitative estimate of drug-likeness (QED) is 0.478. The number of nitrogens with zero attached hydrogens (tertiary/aromatic N) is 1. The van der Waals surface area contributed by atoms with E-state index in [1.54, 1.807) is 66.7 Å². The van der Waals surface area contributed by atoms with Crippen molar-refractivity contribution in [3.05, 3.63) is 94.5 Å². The molecule has 1 heterocycles. The van der Waals surface area contributed by atoms with Crippen LogP contribution in [0.15, 0.2) is 66.7 Å². The molecule has 1 aliphatic rings. The summed E-state index contributed by atoms with van der Waals surface area (Å²) in [5, 5.41) is 8.99. The Morgan fingerprint density at radius 3 is 2.47 bits per heavy atom. The highest BCUT2D eigenvalue weighted by Crippen LogP contribution is 2.31. The average Bonchev–Trinajstić information content (AvgIpc) is 2.82. The second-order valence-corrected chi connectivity index (χ2v) is 6.62. The van der Waals surface area contributed by atoms with E-state index in [0.717, 1.165) is 0 Å². The van der Waals surface area contributed by atoms with Gasteiger partial charge in [-0.2, -0.15) is 5.26 Å². The van der Waals surface area contributed by atoms with Crippen molar-refractivity contribution < 1.29 is 23.8 Å². The first-order valence-corrected chi connectivity index (χ1v) is 9.35. The molecular weight excluding hydrogens is 382 g/mol. The predicted molar refractivity (Wildman–Crippen MR) is 108 cm³/mol. The van der Waals surface area contributed by atoms with Gasteiger partial charge in [-0.1, -0.05) is 30.3 Å². The summed E-state index contributed by atoms with van der Waals surface area (Å²) < 4.78 is 16.4. The molecule has 0 atom stereocenters. The van der Waals surface area contributed by atoms with E-state index in [2.05, 4.69) is 0 Å². The second-order valence-electron chi connectivity index (χ2n) is 6.62. The lowest BCUT2D eigenvalue weighted by atomic mass is 9.98. The van der Waals surface area contributed by atoms with E-state index in [-0.39, 0.29) is 23.5 Å². The summed E-state index contributed by atoms with van der Waals surface area (Å²) in [5.41, 5.74) is 1.98. The van der Waals surface area contributed by atoms with E-state index >= 15 is 0 Å². The number of rotatable bonds is 5. The summed E-state index contributed by atoms with van der Waals surface area (Å²) in [4.78, 5) is 25.8. The fraction of sp³-hybridized carbons (Fsp3) is 0.125. The molecule has 6 nitrogen and oxygen atoms in total. The molecular formula is C24H17NO5. The lowest BCUT2D eigenvalue weighted by Gasteiger charge is -2.18. The Balaban J connectivity index is 1.55. The molecule has 0 unspecified atom stereocenters. The number of nitriles is 1. The van der Waals surface area contributed by atoms with Gasteiger partial charge >= 0.3 is 5.97 Å². The van der Waals surface area contributed by atoms with Crippen molar-refractivity contribution in [2.75, 3.05) is 13.2 Å². The van der Waals surface area contributed by atoms with Crippen molar-refractivity contribution in [1.82, 2.24) is 0 Å². The van der Waals surface area contributed by atoms with Crippen molar-refractivity contribution in [3.8, 4) is 17.6 Å². The van der Waals surface area contributed by atoms with Gasteiger partial charge in [0.05, 0.1) is 17.2 Å². The minimum atomic E-state index is -0.612. The number of fused-ring (bicyclic) bond motifs is 1. The zero-order valence-electron chi connectivity index (χ0n) is 16.0. The molecule has 3 aromatic rings. The number of hydrogen-bond donors (Lipinski definition) is 0. The predicted octanol–water partition coefficient (Wildman–Crippen LogP) is 3.92. The topological polar surface area (TPSA) is 85.6 Å². The number of ether oxygens (including phenoxy) is 3. The Morgan fingerprint density at radius 1 is 0.900 bits per heavy atom. The van der Waals surface area contributed by atoms with Crippen LogP contribution in [-0.2, 0) is 11.3 Å². The summed E-state index contributed by atoms with van der Waals surface area (Å²) in [6.45, 7) is 0.883. The molecule has 6 heteroatoms. The second kappa shape index (κ2) is 8.50. The normalized spacial score (nSPS) is 12.0. The summed E-state index contributed by atoms with van der Waals surface area (Å²) in [6, 6.07) is 20.3. The smallest absolute Gasteiger partial charge is 0.339 e.